The van der Waals surface area contributed by atoms with Crippen LogP contribution in [0.2, 0.25) is 0 Å². The van der Waals surface area contributed by atoms with Gasteiger partial charge in [0.1, 0.15) is 0 Å². The van der Waals surface area contributed by atoms with E-state index >= 15 is 0 Å². The standard InChI is InChI=1S/C16H23F3N2.ClH/c1-11-8-15(16(17,18)19)6-5-13(11)9-21-7-3-4-14(10-21)12(2)20;/h5-6,8,12,14H,3-4,7,9-10,20H2,1-2H3;1H. The van der Waals surface area contributed by atoms with Crippen LogP contribution in [0.1, 0.15) is 36.5 Å². The quantitative estimate of drug-likeness (QED) is 0.904. The van der Waals surface area contributed by atoms with Crippen molar-refractivity contribution < 1.29 is 13.2 Å². The molecule has 6 heteroatoms. The Morgan fingerprint density at radius 3 is 2.59 bits per heavy atom. The highest BCUT2D eigenvalue weighted by atomic mass is 35.5. The third kappa shape index (κ3) is 4.86. The maximum Gasteiger partial charge on any atom is 0.416 e. The number of alkyl halides is 3. The molecule has 0 spiro atoms. The van der Waals surface area contributed by atoms with Crippen LogP contribution in [0.5, 0.6) is 0 Å². The first-order valence-corrected chi connectivity index (χ1v) is 7.42. The third-order valence-corrected chi connectivity index (χ3v) is 4.35. The van der Waals surface area contributed by atoms with Gasteiger partial charge in [-0.15, -0.1) is 12.4 Å². The van der Waals surface area contributed by atoms with Crippen molar-refractivity contribution >= 4 is 12.4 Å². The zero-order valence-corrected chi connectivity index (χ0v) is 13.8. The monoisotopic (exact) mass is 336 g/mol. The summed E-state index contributed by atoms with van der Waals surface area (Å²) in [6.07, 6.45) is -2.03. The van der Waals surface area contributed by atoms with E-state index in [2.05, 4.69) is 4.90 Å². The summed E-state index contributed by atoms with van der Waals surface area (Å²) in [6, 6.07) is 4.19. The predicted molar refractivity (Wildman–Crippen MR) is 85.1 cm³/mol. The molecule has 0 aliphatic carbocycles. The van der Waals surface area contributed by atoms with Crippen molar-refractivity contribution in [1.82, 2.24) is 4.90 Å². The van der Waals surface area contributed by atoms with Gasteiger partial charge < -0.3 is 5.73 Å². The summed E-state index contributed by atoms with van der Waals surface area (Å²) in [6.45, 7) is 6.39. The van der Waals surface area contributed by atoms with Crippen molar-refractivity contribution in [2.75, 3.05) is 13.1 Å². The molecular formula is C16H24ClF3N2. The summed E-state index contributed by atoms with van der Waals surface area (Å²) < 4.78 is 38.0. The van der Waals surface area contributed by atoms with Crippen LogP contribution in [0, 0.1) is 12.8 Å². The maximum atomic E-state index is 12.7. The lowest BCUT2D eigenvalue weighted by Crippen LogP contribution is -2.42. The van der Waals surface area contributed by atoms with Crippen LogP contribution in [-0.4, -0.2) is 24.0 Å². The summed E-state index contributed by atoms with van der Waals surface area (Å²) in [5.74, 6) is 0.480. The van der Waals surface area contributed by atoms with Crippen LogP contribution in [0.15, 0.2) is 18.2 Å². The van der Waals surface area contributed by atoms with E-state index in [1.54, 1.807) is 13.0 Å². The Labute approximate surface area is 136 Å². The van der Waals surface area contributed by atoms with E-state index < -0.39 is 11.7 Å². The van der Waals surface area contributed by atoms with Crippen molar-refractivity contribution in [2.45, 2.75) is 45.5 Å². The molecular weight excluding hydrogens is 313 g/mol. The molecule has 0 bridgehead atoms. The van der Waals surface area contributed by atoms with Crippen LogP contribution in [0.4, 0.5) is 13.2 Å². The Bertz CT molecular complexity index is 489. The van der Waals surface area contributed by atoms with Crippen molar-refractivity contribution in [1.29, 1.82) is 0 Å². The van der Waals surface area contributed by atoms with E-state index in [0.29, 0.717) is 18.0 Å². The van der Waals surface area contributed by atoms with E-state index in [1.807, 2.05) is 6.92 Å². The second-order valence-corrected chi connectivity index (χ2v) is 6.14. The van der Waals surface area contributed by atoms with E-state index in [0.717, 1.165) is 31.5 Å². The molecule has 126 valence electrons. The van der Waals surface area contributed by atoms with E-state index in [-0.39, 0.29) is 18.4 Å². The molecule has 0 aromatic heterocycles. The molecule has 1 fully saturated rings. The number of aryl methyl sites for hydroxylation is 1. The molecule has 22 heavy (non-hydrogen) atoms. The van der Waals surface area contributed by atoms with Crippen LogP contribution in [-0.2, 0) is 12.7 Å². The largest absolute Gasteiger partial charge is 0.416 e. The number of halogens is 4. The maximum absolute atomic E-state index is 12.7. The van der Waals surface area contributed by atoms with Gasteiger partial charge in [0.15, 0.2) is 0 Å². The van der Waals surface area contributed by atoms with Gasteiger partial charge in [-0.25, -0.2) is 0 Å². The lowest BCUT2D eigenvalue weighted by molar-refractivity contribution is -0.137. The molecule has 2 N–H and O–H groups in total. The number of nitrogens with zero attached hydrogens (tertiary/aromatic N) is 1. The van der Waals surface area contributed by atoms with Gasteiger partial charge in [0.05, 0.1) is 5.56 Å². The summed E-state index contributed by atoms with van der Waals surface area (Å²) in [5.41, 5.74) is 7.06. The van der Waals surface area contributed by atoms with Gasteiger partial charge in [-0.3, -0.25) is 4.90 Å². The number of piperidine rings is 1. The zero-order valence-electron chi connectivity index (χ0n) is 13.0. The van der Waals surface area contributed by atoms with Crippen molar-refractivity contribution in [2.24, 2.45) is 11.7 Å². The summed E-state index contributed by atoms with van der Waals surface area (Å²) >= 11 is 0. The normalized spacial score (nSPS) is 21.3. The SMILES string of the molecule is Cc1cc(C(F)(F)F)ccc1CN1CCCC(C(C)N)C1.Cl. The molecule has 1 aromatic rings. The average Bonchev–Trinajstić information content (AvgIpc) is 2.40. The van der Waals surface area contributed by atoms with E-state index in [4.69, 9.17) is 5.73 Å². The highest BCUT2D eigenvalue weighted by Gasteiger charge is 2.31. The van der Waals surface area contributed by atoms with Crippen LogP contribution in [0.25, 0.3) is 0 Å². The Kier molecular flexibility index (Phi) is 6.71. The molecule has 1 heterocycles. The fourth-order valence-corrected chi connectivity index (χ4v) is 2.95. The lowest BCUT2D eigenvalue weighted by Gasteiger charge is -2.35. The zero-order chi connectivity index (χ0) is 15.6. The Morgan fingerprint density at radius 2 is 2.05 bits per heavy atom. The second kappa shape index (κ2) is 7.66. The highest BCUT2D eigenvalue weighted by molar-refractivity contribution is 5.85. The third-order valence-electron chi connectivity index (χ3n) is 4.35. The molecule has 2 rings (SSSR count). The van der Waals surface area contributed by atoms with E-state index in [9.17, 15) is 13.2 Å². The predicted octanol–water partition coefficient (Wildman–Crippen LogP) is 3.99. The summed E-state index contributed by atoms with van der Waals surface area (Å²) in [7, 11) is 0. The topological polar surface area (TPSA) is 29.3 Å². The van der Waals surface area contributed by atoms with Gasteiger partial charge in [0.25, 0.3) is 0 Å². The van der Waals surface area contributed by atoms with Crippen molar-refractivity contribution in [3.8, 4) is 0 Å². The van der Waals surface area contributed by atoms with Crippen LogP contribution >= 0.6 is 12.4 Å². The van der Waals surface area contributed by atoms with Gasteiger partial charge >= 0.3 is 6.18 Å². The van der Waals surface area contributed by atoms with Gasteiger partial charge in [-0.1, -0.05) is 6.07 Å². The highest BCUT2D eigenvalue weighted by Crippen LogP contribution is 2.31. The van der Waals surface area contributed by atoms with E-state index in [1.165, 1.54) is 12.1 Å². The first kappa shape index (κ1) is 19.3. The number of nitrogens with two attached hydrogens (primary N) is 1. The van der Waals surface area contributed by atoms with Gasteiger partial charge in [0.2, 0.25) is 0 Å². The fourth-order valence-electron chi connectivity index (χ4n) is 2.95. The number of hydrogen-bond acceptors (Lipinski definition) is 2. The molecule has 1 saturated heterocycles. The minimum Gasteiger partial charge on any atom is -0.328 e. The summed E-state index contributed by atoms with van der Waals surface area (Å²) in [5, 5.41) is 0. The summed E-state index contributed by atoms with van der Waals surface area (Å²) in [4.78, 5) is 2.30. The second-order valence-electron chi connectivity index (χ2n) is 6.14. The minimum absolute atomic E-state index is 0. The molecule has 1 aromatic carbocycles. The lowest BCUT2D eigenvalue weighted by atomic mass is 9.91. The average molecular weight is 337 g/mol. The Balaban J connectivity index is 0.00000242. The first-order chi connectivity index (χ1) is 9.77. The molecule has 2 unspecified atom stereocenters. The number of rotatable bonds is 3. The molecule has 0 amide bonds. The van der Waals surface area contributed by atoms with Crippen LogP contribution in [0.3, 0.4) is 0 Å². The van der Waals surface area contributed by atoms with Gasteiger partial charge in [0, 0.05) is 19.1 Å². The molecule has 0 saturated carbocycles. The number of hydrogen-bond donors (Lipinski definition) is 1. The van der Waals surface area contributed by atoms with Crippen molar-refractivity contribution in [3.05, 3.63) is 34.9 Å². The smallest absolute Gasteiger partial charge is 0.328 e. The number of likely N-dealkylation sites (tertiary alicyclic amines) is 1. The fraction of sp³-hybridized carbons (Fsp3) is 0.625. The van der Waals surface area contributed by atoms with Gasteiger partial charge in [-0.2, -0.15) is 13.2 Å². The molecule has 0 radical (unpaired) electrons. The number of benzene rings is 1. The Morgan fingerprint density at radius 1 is 1.36 bits per heavy atom. The minimum atomic E-state index is -4.27. The first-order valence-electron chi connectivity index (χ1n) is 7.42. The molecule has 1 aliphatic heterocycles. The molecule has 2 atom stereocenters. The van der Waals surface area contributed by atoms with Crippen LogP contribution < -0.4 is 5.73 Å². The Hall–Kier alpha value is -0.780. The van der Waals surface area contributed by atoms with Crippen molar-refractivity contribution in [3.63, 3.8) is 0 Å². The van der Waals surface area contributed by atoms with Gasteiger partial charge in [-0.05, 0) is 62.4 Å². The molecule has 2 nitrogen and oxygen atoms in total. The molecule has 1 aliphatic rings.